The van der Waals surface area contributed by atoms with Gasteiger partial charge in [-0.1, -0.05) is 17.7 Å². The van der Waals surface area contributed by atoms with Crippen LogP contribution in [0.15, 0.2) is 23.1 Å². The van der Waals surface area contributed by atoms with Gasteiger partial charge < -0.3 is 5.73 Å². The molecule has 0 aliphatic carbocycles. The Morgan fingerprint density at radius 3 is 2.33 bits per heavy atom. The fourth-order valence-corrected chi connectivity index (χ4v) is 1.95. The minimum Gasteiger partial charge on any atom is -0.398 e. The van der Waals surface area contributed by atoms with Crippen LogP contribution in [0.25, 0.3) is 0 Å². The molecule has 0 bridgehead atoms. The number of halogens is 1. The van der Waals surface area contributed by atoms with Crippen LogP contribution in [0.4, 0.5) is 5.69 Å². The molecule has 0 aliphatic rings. The van der Waals surface area contributed by atoms with Crippen molar-refractivity contribution in [3.63, 3.8) is 0 Å². The van der Waals surface area contributed by atoms with Gasteiger partial charge in [-0.05, 0) is 12.1 Å². The second kappa shape index (κ2) is 2.93. The molecular weight excluding hydrogens is 202 g/mol. The predicted octanol–water partition coefficient (Wildman–Crippen LogP) is 1.17. The molecule has 0 atom stereocenters. The summed E-state index contributed by atoms with van der Waals surface area (Å²) in [5.41, 5.74) is 5.22. The highest BCUT2D eigenvalue weighted by atomic mass is 35.5. The van der Waals surface area contributed by atoms with Crippen molar-refractivity contribution in [3.05, 3.63) is 23.2 Å². The number of hydrogen-bond donors (Lipinski definition) is 2. The molecule has 0 aliphatic heterocycles. The maximum Gasteiger partial charge on any atom is 0.298 e. The van der Waals surface area contributed by atoms with Crippen LogP contribution in [0.3, 0.4) is 0 Å². The Morgan fingerprint density at radius 1 is 1.42 bits per heavy atom. The van der Waals surface area contributed by atoms with E-state index in [9.17, 15) is 8.42 Å². The Balaban J connectivity index is 3.53. The Labute approximate surface area is 74.7 Å². The third-order valence-corrected chi connectivity index (χ3v) is 2.65. The summed E-state index contributed by atoms with van der Waals surface area (Å²) < 4.78 is 30.0. The van der Waals surface area contributed by atoms with Crippen LogP contribution < -0.4 is 5.73 Å². The molecule has 1 aromatic carbocycles. The monoisotopic (exact) mass is 207 g/mol. The molecule has 0 unspecified atom stereocenters. The van der Waals surface area contributed by atoms with Crippen LogP contribution in [0.2, 0.25) is 5.02 Å². The fourth-order valence-electron chi connectivity index (χ4n) is 0.798. The van der Waals surface area contributed by atoms with Crippen molar-refractivity contribution in [2.24, 2.45) is 0 Å². The molecule has 0 fully saturated rings. The number of hydrogen-bond acceptors (Lipinski definition) is 3. The van der Waals surface area contributed by atoms with Crippen molar-refractivity contribution in [1.29, 1.82) is 0 Å². The summed E-state index contributed by atoms with van der Waals surface area (Å²) >= 11 is 5.49. The third-order valence-electron chi connectivity index (χ3n) is 1.26. The SMILES string of the molecule is Nc1cccc(Cl)c1S(=O)(=O)O. The average Bonchev–Trinajstić information content (AvgIpc) is 1.82. The predicted molar refractivity (Wildman–Crippen MR) is 45.7 cm³/mol. The van der Waals surface area contributed by atoms with Gasteiger partial charge in [0.05, 0.1) is 10.7 Å². The van der Waals surface area contributed by atoms with Crippen molar-refractivity contribution in [1.82, 2.24) is 0 Å². The van der Waals surface area contributed by atoms with Gasteiger partial charge in [-0.25, -0.2) is 0 Å². The molecule has 3 N–H and O–H groups in total. The Kier molecular flexibility index (Phi) is 2.27. The zero-order chi connectivity index (χ0) is 9.35. The van der Waals surface area contributed by atoms with Crippen LogP contribution in [-0.2, 0) is 10.1 Å². The van der Waals surface area contributed by atoms with Gasteiger partial charge >= 0.3 is 0 Å². The molecule has 1 rings (SSSR count). The normalized spacial score (nSPS) is 11.5. The van der Waals surface area contributed by atoms with E-state index in [1.165, 1.54) is 18.2 Å². The largest absolute Gasteiger partial charge is 0.398 e. The summed E-state index contributed by atoms with van der Waals surface area (Å²) in [5.74, 6) is 0. The lowest BCUT2D eigenvalue weighted by Gasteiger charge is -2.02. The van der Waals surface area contributed by atoms with Crippen LogP contribution >= 0.6 is 11.6 Å². The Morgan fingerprint density at radius 2 is 2.00 bits per heavy atom. The summed E-state index contributed by atoms with van der Waals surface area (Å²) in [5, 5.41) is -0.0856. The smallest absolute Gasteiger partial charge is 0.298 e. The first-order chi connectivity index (χ1) is 5.43. The molecule has 0 saturated carbocycles. The quantitative estimate of drug-likeness (QED) is 0.535. The zero-order valence-electron chi connectivity index (χ0n) is 5.86. The van der Waals surface area contributed by atoms with Crippen LogP contribution in [0.1, 0.15) is 0 Å². The third kappa shape index (κ3) is 1.69. The van der Waals surface area contributed by atoms with Crippen LogP contribution in [0.5, 0.6) is 0 Å². The van der Waals surface area contributed by atoms with Gasteiger partial charge in [0, 0.05) is 0 Å². The molecular formula is C6H6ClNO3S. The molecule has 4 nitrogen and oxygen atoms in total. The topological polar surface area (TPSA) is 80.4 Å². The summed E-state index contributed by atoms with van der Waals surface area (Å²) in [6.07, 6.45) is 0. The maximum absolute atomic E-state index is 10.7. The van der Waals surface area contributed by atoms with E-state index in [0.717, 1.165) is 0 Å². The molecule has 6 heteroatoms. The first-order valence-corrected chi connectivity index (χ1v) is 4.76. The van der Waals surface area contributed by atoms with Gasteiger partial charge in [-0.2, -0.15) is 8.42 Å². The molecule has 0 amide bonds. The first-order valence-electron chi connectivity index (χ1n) is 2.94. The highest BCUT2D eigenvalue weighted by Crippen LogP contribution is 2.26. The van der Waals surface area contributed by atoms with Crippen molar-refractivity contribution in [3.8, 4) is 0 Å². The standard InChI is InChI=1S/C6H6ClNO3S/c7-4-2-1-3-5(8)6(4)12(9,10)11/h1-3H,8H2,(H,9,10,11). The summed E-state index contributed by atoms with van der Waals surface area (Å²) in [6, 6.07) is 4.17. The summed E-state index contributed by atoms with van der Waals surface area (Å²) in [7, 11) is -4.32. The number of anilines is 1. The number of rotatable bonds is 1. The molecule has 12 heavy (non-hydrogen) atoms. The highest BCUT2D eigenvalue weighted by Gasteiger charge is 2.17. The van der Waals surface area contributed by atoms with Gasteiger partial charge in [0.15, 0.2) is 0 Å². The molecule has 66 valence electrons. The summed E-state index contributed by atoms with van der Waals surface area (Å²) in [4.78, 5) is -0.438. The van der Waals surface area contributed by atoms with Gasteiger partial charge in [-0.3, -0.25) is 4.55 Å². The van der Waals surface area contributed by atoms with E-state index in [2.05, 4.69) is 0 Å². The molecule has 0 heterocycles. The zero-order valence-corrected chi connectivity index (χ0v) is 7.43. The second-order valence-corrected chi connectivity index (χ2v) is 3.90. The van der Waals surface area contributed by atoms with E-state index >= 15 is 0 Å². The van der Waals surface area contributed by atoms with E-state index in [-0.39, 0.29) is 10.7 Å². The van der Waals surface area contributed by atoms with Gasteiger partial charge in [0.1, 0.15) is 4.90 Å². The van der Waals surface area contributed by atoms with E-state index in [0.29, 0.717) is 0 Å². The lowest BCUT2D eigenvalue weighted by molar-refractivity contribution is 0.483. The van der Waals surface area contributed by atoms with E-state index in [1.54, 1.807) is 0 Å². The minimum absolute atomic E-state index is 0.0648. The van der Waals surface area contributed by atoms with Crippen molar-refractivity contribution >= 4 is 27.4 Å². The van der Waals surface area contributed by atoms with E-state index in [1.807, 2.05) is 0 Å². The lowest BCUT2D eigenvalue weighted by atomic mass is 10.3. The van der Waals surface area contributed by atoms with E-state index in [4.69, 9.17) is 21.9 Å². The second-order valence-electron chi connectivity index (χ2n) is 2.13. The van der Waals surface area contributed by atoms with E-state index < -0.39 is 15.0 Å². The van der Waals surface area contributed by atoms with Crippen LogP contribution in [-0.4, -0.2) is 13.0 Å². The maximum atomic E-state index is 10.7. The van der Waals surface area contributed by atoms with Crippen molar-refractivity contribution < 1.29 is 13.0 Å². The molecule has 0 spiro atoms. The summed E-state index contributed by atoms with van der Waals surface area (Å²) in [6.45, 7) is 0. The average molecular weight is 208 g/mol. The van der Waals surface area contributed by atoms with Gasteiger partial charge in [0.25, 0.3) is 10.1 Å². The van der Waals surface area contributed by atoms with Crippen molar-refractivity contribution in [2.75, 3.05) is 5.73 Å². The minimum atomic E-state index is -4.32. The fraction of sp³-hybridized carbons (Fsp3) is 0. The Bertz CT molecular complexity index is 381. The highest BCUT2D eigenvalue weighted by molar-refractivity contribution is 7.86. The van der Waals surface area contributed by atoms with Gasteiger partial charge in [0.2, 0.25) is 0 Å². The first kappa shape index (κ1) is 9.31. The molecule has 0 radical (unpaired) electrons. The number of benzene rings is 1. The van der Waals surface area contributed by atoms with Gasteiger partial charge in [-0.15, -0.1) is 0 Å². The molecule has 0 saturated heterocycles. The number of nitrogens with two attached hydrogens (primary N) is 1. The number of nitrogen functional groups attached to an aromatic ring is 1. The lowest BCUT2D eigenvalue weighted by Crippen LogP contribution is -2.03. The Hall–Kier alpha value is -0.780. The molecule has 1 aromatic rings. The molecule has 0 aromatic heterocycles. The van der Waals surface area contributed by atoms with Crippen LogP contribution in [0, 0.1) is 0 Å². The van der Waals surface area contributed by atoms with Crippen molar-refractivity contribution in [2.45, 2.75) is 4.90 Å².